The van der Waals surface area contributed by atoms with Crippen molar-refractivity contribution in [2.75, 3.05) is 13.1 Å². The Morgan fingerprint density at radius 3 is 2.46 bits per heavy atom. The number of nitrogens with one attached hydrogen (secondary N) is 1. The molecule has 1 atom stereocenters. The fourth-order valence-corrected chi connectivity index (χ4v) is 3.44. The number of likely N-dealkylation sites (tertiary alicyclic amines) is 1. The number of carbonyl (C=O) groups excluding carboxylic acids is 1. The lowest BCUT2D eigenvalue weighted by Gasteiger charge is -2.17. The topological polar surface area (TPSA) is 54.5 Å². The Bertz CT molecular complexity index is 898. The maximum Gasteiger partial charge on any atom is 0.317 e. The lowest BCUT2D eigenvalue weighted by Crippen LogP contribution is -2.37. The number of aromatic nitrogens is 1. The average molecular weight is 373 g/mol. The van der Waals surface area contributed by atoms with Gasteiger partial charge in [-0.1, -0.05) is 30.3 Å². The van der Waals surface area contributed by atoms with Crippen molar-refractivity contribution in [2.24, 2.45) is 0 Å². The predicted octanol–water partition coefficient (Wildman–Crippen LogP) is 4.57. The third-order valence-corrected chi connectivity index (χ3v) is 5.00. The van der Waals surface area contributed by atoms with E-state index in [4.69, 9.17) is 4.74 Å². The normalized spacial score (nSPS) is 16.0. The second kappa shape index (κ2) is 8.57. The van der Waals surface area contributed by atoms with Gasteiger partial charge in [-0.25, -0.2) is 4.79 Å². The minimum atomic E-state index is -0.0128. The first-order valence-corrected chi connectivity index (χ1v) is 9.52. The summed E-state index contributed by atoms with van der Waals surface area (Å²) in [7, 11) is 0. The first-order chi connectivity index (χ1) is 13.8. The van der Waals surface area contributed by atoms with Crippen molar-refractivity contribution < 1.29 is 9.53 Å². The molecule has 2 aromatic carbocycles. The van der Waals surface area contributed by atoms with Crippen LogP contribution in [-0.2, 0) is 6.54 Å². The molecule has 1 aromatic heterocycles. The number of pyridine rings is 1. The zero-order valence-electron chi connectivity index (χ0n) is 15.6. The molecule has 0 radical (unpaired) electrons. The number of amides is 2. The van der Waals surface area contributed by atoms with Crippen LogP contribution in [0, 0.1) is 0 Å². The zero-order chi connectivity index (χ0) is 19.2. The standard InChI is InChI=1S/C23H23N3O2/c27-23(26-15-12-20(17-26)19-10-13-24-14-11-19)25-16-18-6-8-22(9-7-18)28-21-4-2-1-3-5-21/h1-11,13-14,20H,12,15-17H2,(H,25,27). The van der Waals surface area contributed by atoms with Gasteiger partial charge in [-0.3, -0.25) is 4.98 Å². The molecule has 1 unspecified atom stereocenters. The largest absolute Gasteiger partial charge is 0.457 e. The number of hydrogen-bond acceptors (Lipinski definition) is 3. The van der Waals surface area contributed by atoms with Crippen LogP contribution < -0.4 is 10.1 Å². The molecular weight excluding hydrogens is 350 g/mol. The second-order valence-electron chi connectivity index (χ2n) is 6.93. The van der Waals surface area contributed by atoms with Crippen LogP contribution in [-0.4, -0.2) is 29.0 Å². The van der Waals surface area contributed by atoms with Gasteiger partial charge in [0.2, 0.25) is 0 Å². The third-order valence-electron chi connectivity index (χ3n) is 5.00. The van der Waals surface area contributed by atoms with E-state index in [0.29, 0.717) is 12.5 Å². The summed E-state index contributed by atoms with van der Waals surface area (Å²) >= 11 is 0. The molecule has 5 heteroatoms. The van der Waals surface area contributed by atoms with Gasteiger partial charge in [0, 0.05) is 37.9 Å². The molecule has 0 bridgehead atoms. The predicted molar refractivity (Wildman–Crippen MR) is 108 cm³/mol. The summed E-state index contributed by atoms with van der Waals surface area (Å²) in [5.41, 5.74) is 2.29. The van der Waals surface area contributed by atoms with Crippen molar-refractivity contribution in [1.29, 1.82) is 0 Å². The summed E-state index contributed by atoms with van der Waals surface area (Å²) in [6.45, 7) is 2.03. The summed E-state index contributed by atoms with van der Waals surface area (Å²) in [5, 5.41) is 3.02. The van der Waals surface area contributed by atoms with Crippen LogP contribution in [0.3, 0.4) is 0 Å². The van der Waals surface area contributed by atoms with Gasteiger partial charge in [-0.15, -0.1) is 0 Å². The van der Waals surface area contributed by atoms with Gasteiger partial charge in [0.25, 0.3) is 0 Å². The number of rotatable bonds is 5. The summed E-state index contributed by atoms with van der Waals surface area (Å²) < 4.78 is 5.79. The van der Waals surface area contributed by atoms with Crippen LogP contribution in [0.5, 0.6) is 11.5 Å². The van der Waals surface area contributed by atoms with Gasteiger partial charge in [0.1, 0.15) is 11.5 Å². The molecule has 1 N–H and O–H groups in total. The van der Waals surface area contributed by atoms with Crippen molar-refractivity contribution in [3.8, 4) is 11.5 Å². The fourth-order valence-electron chi connectivity index (χ4n) is 3.44. The number of ether oxygens (including phenoxy) is 1. The van der Waals surface area contributed by atoms with Crippen LogP contribution in [0.25, 0.3) is 0 Å². The van der Waals surface area contributed by atoms with Crippen molar-refractivity contribution in [1.82, 2.24) is 15.2 Å². The molecule has 2 heterocycles. The Hall–Kier alpha value is -3.34. The maximum atomic E-state index is 12.5. The van der Waals surface area contributed by atoms with E-state index >= 15 is 0 Å². The highest BCUT2D eigenvalue weighted by atomic mass is 16.5. The zero-order valence-corrected chi connectivity index (χ0v) is 15.6. The second-order valence-corrected chi connectivity index (χ2v) is 6.93. The number of para-hydroxylation sites is 1. The Kier molecular flexibility index (Phi) is 5.52. The van der Waals surface area contributed by atoms with Crippen LogP contribution in [0.2, 0.25) is 0 Å². The summed E-state index contributed by atoms with van der Waals surface area (Å²) in [4.78, 5) is 18.4. The summed E-state index contributed by atoms with van der Waals surface area (Å²) in [6.07, 6.45) is 4.61. The van der Waals surface area contributed by atoms with Gasteiger partial charge >= 0.3 is 6.03 Å². The molecule has 4 rings (SSSR count). The molecule has 1 fully saturated rings. The van der Waals surface area contributed by atoms with E-state index in [9.17, 15) is 4.79 Å². The van der Waals surface area contributed by atoms with E-state index in [2.05, 4.69) is 10.3 Å². The van der Waals surface area contributed by atoms with Gasteiger partial charge in [-0.2, -0.15) is 0 Å². The van der Waals surface area contributed by atoms with E-state index in [1.165, 1.54) is 5.56 Å². The molecule has 1 aliphatic rings. The maximum absolute atomic E-state index is 12.5. The van der Waals surface area contributed by atoms with Gasteiger partial charge < -0.3 is 15.0 Å². The van der Waals surface area contributed by atoms with Crippen LogP contribution in [0.4, 0.5) is 4.79 Å². The number of benzene rings is 2. The van der Waals surface area contributed by atoms with Crippen molar-refractivity contribution in [2.45, 2.75) is 18.9 Å². The molecule has 0 aliphatic carbocycles. The minimum Gasteiger partial charge on any atom is -0.457 e. The lowest BCUT2D eigenvalue weighted by molar-refractivity contribution is 0.208. The summed E-state index contributed by atoms with van der Waals surface area (Å²) in [5.74, 6) is 1.98. The molecule has 3 aromatic rings. The number of carbonyl (C=O) groups is 1. The number of hydrogen-bond donors (Lipinski definition) is 1. The Morgan fingerprint density at radius 2 is 1.71 bits per heavy atom. The van der Waals surface area contributed by atoms with E-state index in [1.807, 2.05) is 84.0 Å². The summed E-state index contributed by atoms with van der Waals surface area (Å²) in [6, 6.07) is 21.5. The Morgan fingerprint density at radius 1 is 1.00 bits per heavy atom. The molecule has 0 saturated carbocycles. The number of urea groups is 1. The molecule has 0 spiro atoms. The lowest BCUT2D eigenvalue weighted by atomic mass is 10.00. The van der Waals surface area contributed by atoms with Gasteiger partial charge in [-0.05, 0) is 53.9 Å². The van der Waals surface area contributed by atoms with Crippen molar-refractivity contribution >= 4 is 6.03 Å². The molecular formula is C23H23N3O2. The monoisotopic (exact) mass is 373 g/mol. The van der Waals surface area contributed by atoms with Crippen LogP contribution in [0.1, 0.15) is 23.5 Å². The molecule has 1 aliphatic heterocycles. The highest BCUT2D eigenvalue weighted by Crippen LogP contribution is 2.26. The Balaban J connectivity index is 1.27. The molecule has 2 amide bonds. The van der Waals surface area contributed by atoms with Crippen molar-refractivity contribution in [3.63, 3.8) is 0 Å². The SMILES string of the molecule is O=C(NCc1ccc(Oc2ccccc2)cc1)N1CCC(c2ccncc2)C1. The van der Waals surface area contributed by atoms with Gasteiger partial charge in [0.05, 0.1) is 0 Å². The fraction of sp³-hybridized carbons (Fsp3) is 0.217. The quantitative estimate of drug-likeness (QED) is 0.713. The molecule has 28 heavy (non-hydrogen) atoms. The Labute approximate surface area is 165 Å². The minimum absolute atomic E-state index is 0.0128. The van der Waals surface area contributed by atoms with E-state index in [-0.39, 0.29) is 6.03 Å². The van der Waals surface area contributed by atoms with E-state index in [1.54, 1.807) is 0 Å². The van der Waals surface area contributed by atoms with Crippen molar-refractivity contribution in [3.05, 3.63) is 90.3 Å². The highest BCUT2D eigenvalue weighted by molar-refractivity contribution is 5.74. The van der Waals surface area contributed by atoms with E-state index < -0.39 is 0 Å². The first kappa shape index (κ1) is 18.0. The van der Waals surface area contributed by atoms with E-state index in [0.717, 1.165) is 36.6 Å². The van der Waals surface area contributed by atoms with Crippen LogP contribution in [0.15, 0.2) is 79.1 Å². The third kappa shape index (κ3) is 4.49. The smallest absolute Gasteiger partial charge is 0.317 e. The molecule has 142 valence electrons. The highest BCUT2D eigenvalue weighted by Gasteiger charge is 2.27. The number of nitrogens with zero attached hydrogens (tertiary/aromatic N) is 2. The van der Waals surface area contributed by atoms with Gasteiger partial charge in [0.15, 0.2) is 0 Å². The average Bonchev–Trinajstić information content (AvgIpc) is 3.25. The first-order valence-electron chi connectivity index (χ1n) is 9.52. The molecule has 1 saturated heterocycles. The van der Waals surface area contributed by atoms with Crippen LogP contribution >= 0.6 is 0 Å². The molecule has 5 nitrogen and oxygen atoms in total.